The summed E-state index contributed by atoms with van der Waals surface area (Å²) < 4.78 is 2.17. The van der Waals surface area contributed by atoms with Crippen LogP contribution in [-0.2, 0) is 13.1 Å². The molecule has 20 heavy (non-hydrogen) atoms. The maximum atomic E-state index is 8.91. The first-order valence-corrected chi connectivity index (χ1v) is 6.99. The molecule has 0 radical (unpaired) electrons. The van der Waals surface area contributed by atoms with Crippen molar-refractivity contribution >= 4 is 0 Å². The van der Waals surface area contributed by atoms with Gasteiger partial charge in [0.05, 0.1) is 18.2 Å². The van der Waals surface area contributed by atoms with Gasteiger partial charge < -0.3 is 9.88 Å². The van der Waals surface area contributed by atoms with Gasteiger partial charge in [-0.1, -0.05) is 6.07 Å². The number of nitrogens with zero attached hydrogens (tertiary/aromatic N) is 3. The smallest absolute Gasteiger partial charge is 0.122 e. The molecule has 1 saturated carbocycles. The summed E-state index contributed by atoms with van der Waals surface area (Å²) >= 11 is 0. The second kappa shape index (κ2) is 5.48. The van der Waals surface area contributed by atoms with Crippen LogP contribution in [0.25, 0.3) is 0 Å². The third-order valence-electron chi connectivity index (χ3n) is 3.74. The molecule has 1 heterocycles. The molecule has 4 heteroatoms. The normalized spacial score (nSPS) is 14.2. The Hall–Kier alpha value is -2.12. The zero-order valence-corrected chi connectivity index (χ0v) is 11.6. The number of imidazole rings is 1. The molecule has 1 N–H and O–H groups in total. The van der Waals surface area contributed by atoms with Gasteiger partial charge in [-0.25, -0.2) is 4.98 Å². The van der Waals surface area contributed by atoms with E-state index in [9.17, 15) is 0 Å². The third kappa shape index (κ3) is 2.89. The van der Waals surface area contributed by atoms with Crippen LogP contribution >= 0.6 is 0 Å². The Balaban J connectivity index is 1.73. The van der Waals surface area contributed by atoms with E-state index >= 15 is 0 Å². The van der Waals surface area contributed by atoms with Crippen LogP contribution in [0.15, 0.2) is 30.6 Å². The van der Waals surface area contributed by atoms with E-state index in [-0.39, 0.29) is 0 Å². The Kier molecular flexibility index (Phi) is 3.53. The summed E-state index contributed by atoms with van der Waals surface area (Å²) in [6, 6.07) is 8.72. The van der Waals surface area contributed by atoms with Gasteiger partial charge in [0, 0.05) is 25.0 Å². The number of benzene rings is 1. The van der Waals surface area contributed by atoms with Crippen LogP contribution in [-0.4, -0.2) is 15.6 Å². The number of hydrogen-bond acceptors (Lipinski definition) is 3. The average Bonchev–Trinajstić information content (AvgIpc) is 3.18. The lowest BCUT2D eigenvalue weighted by atomic mass is 10.1. The fraction of sp³-hybridized carbons (Fsp3) is 0.375. The maximum absolute atomic E-state index is 8.91. The lowest BCUT2D eigenvalue weighted by Crippen LogP contribution is -2.19. The van der Waals surface area contributed by atoms with E-state index in [4.69, 9.17) is 5.26 Å². The minimum atomic E-state index is 0.691. The van der Waals surface area contributed by atoms with Crippen molar-refractivity contribution in [2.75, 3.05) is 0 Å². The van der Waals surface area contributed by atoms with E-state index in [0.717, 1.165) is 24.5 Å². The fourth-order valence-electron chi connectivity index (χ4n) is 2.30. The summed E-state index contributed by atoms with van der Waals surface area (Å²) in [7, 11) is 0. The highest BCUT2D eigenvalue weighted by atomic mass is 15.1. The summed E-state index contributed by atoms with van der Waals surface area (Å²) in [6.45, 7) is 3.68. The topological polar surface area (TPSA) is 53.6 Å². The van der Waals surface area contributed by atoms with Crippen LogP contribution in [0.4, 0.5) is 0 Å². The van der Waals surface area contributed by atoms with Gasteiger partial charge in [0.2, 0.25) is 0 Å². The van der Waals surface area contributed by atoms with Crippen LogP contribution < -0.4 is 5.32 Å². The van der Waals surface area contributed by atoms with Gasteiger partial charge in [0.15, 0.2) is 0 Å². The summed E-state index contributed by atoms with van der Waals surface area (Å²) in [6.07, 6.45) is 6.44. The molecule has 0 bridgehead atoms. The minimum absolute atomic E-state index is 0.691. The maximum Gasteiger partial charge on any atom is 0.122 e. The third-order valence-corrected chi connectivity index (χ3v) is 3.74. The van der Waals surface area contributed by atoms with Gasteiger partial charge in [-0.15, -0.1) is 0 Å². The van der Waals surface area contributed by atoms with Crippen molar-refractivity contribution in [2.45, 2.75) is 38.9 Å². The van der Waals surface area contributed by atoms with E-state index in [1.54, 1.807) is 0 Å². The Morgan fingerprint density at radius 1 is 1.45 bits per heavy atom. The zero-order valence-electron chi connectivity index (χ0n) is 11.6. The minimum Gasteiger partial charge on any atom is -0.329 e. The zero-order chi connectivity index (χ0) is 13.9. The summed E-state index contributed by atoms with van der Waals surface area (Å²) in [4.78, 5) is 4.42. The average molecular weight is 266 g/mol. The first kappa shape index (κ1) is 12.9. The molecule has 1 aliphatic rings. The monoisotopic (exact) mass is 266 g/mol. The Morgan fingerprint density at radius 2 is 2.30 bits per heavy atom. The molecule has 102 valence electrons. The number of rotatable bonds is 5. The van der Waals surface area contributed by atoms with Crippen LogP contribution in [0, 0.1) is 18.3 Å². The molecule has 2 aromatic rings. The number of nitrogens with one attached hydrogen (secondary N) is 1. The van der Waals surface area contributed by atoms with Crippen molar-refractivity contribution in [2.24, 2.45) is 0 Å². The van der Waals surface area contributed by atoms with Gasteiger partial charge >= 0.3 is 0 Å². The molecule has 0 amide bonds. The molecule has 0 atom stereocenters. The predicted molar refractivity (Wildman–Crippen MR) is 77.1 cm³/mol. The number of aryl methyl sites for hydroxylation is 1. The highest BCUT2D eigenvalue weighted by Gasteiger charge is 2.20. The molecule has 0 spiro atoms. The first-order valence-electron chi connectivity index (χ1n) is 6.99. The summed E-state index contributed by atoms with van der Waals surface area (Å²) in [5, 5.41) is 12.4. The SMILES string of the molecule is Cc1cc(C#N)ccc1Cn1ccnc1CNC1CC1. The molecular weight excluding hydrogens is 248 g/mol. The summed E-state index contributed by atoms with van der Waals surface area (Å²) in [5.41, 5.74) is 3.10. The Bertz CT molecular complexity index is 647. The van der Waals surface area contributed by atoms with Crippen molar-refractivity contribution in [1.82, 2.24) is 14.9 Å². The van der Waals surface area contributed by atoms with E-state index in [1.807, 2.05) is 30.6 Å². The van der Waals surface area contributed by atoms with Gasteiger partial charge in [0.25, 0.3) is 0 Å². The van der Waals surface area contributed by atoms with E-state index in [2.05, 4.69) is 27.9 Å². The number of nitriles is 1. The van der Waals surface area contributed by atoms with Gasteiger partial charge in [-0.2, -0.15) is 5.26 Å². The lowest BCUT2D eigenvalue weighted by molar-refractivity contribution is 0.618. The quantitative estimate of drug-likeness (QED) is 0.904. The van der Waals surface area contributed by atoms with Crippen molar-refractivity contribution in [3.63, 3.8) is 0 Å². The highest BCUT2D eigenvalue weighted by Crippen LogP contribution is 2.19. The van der Waals surface area contributed by atoms with Crippen LogP contribution in [0.2, 0.25) is 0 Å². The van der Waals surface area contributed by atoms with E-state index < -0.39 is 0 Å². The van der Waals surface area contributed by atoms with Gasteiger partial charge in [0.1, 0.15) is 5.82 Å². The number of hydrogen-bond donors (Lipinski definition) is 1. The van der Waals surface area contributed by atoms with Gasteiger partial charge in [-0.05, 0) is 43.0 Å². The number of aromatic nitrogens is 2. The molecular formula is C16H18N4. The van der Waals surface area contributed by atoms with Crippen LogP contribution in [0.3, 0.4) is 0 Å². The molecule has 0 unspecified atom stereocenters. The Morgan fingerprint density at radius 3 is 3.00 bits per heavy atom. The molecule has 1 aromatic heterocycles. The molecule has 0 saturated heterocycles. The Labute approximate surface area is 119 Å². The van der Waals surface area contributed by atoms with Gasteiger partial charge in [-0.3, -0.25) is 0 Å². The molecule has 4 nitrogen and oxygen atoms in total. The van der Waals surface area contributed by atoms with Crippen molar-refractivity contribution < 1.29 is 0 Å². The molecule has 3 rings (SSSR count). The lowest BCUT2D eigenvalue weighted by Gasteiger charge is -2.11. The van der Waals surface area contributed by atoms with Crippen LogP contribution in [0.5, 0.6) is 0 Å². The molecule has 1 fully saturated rings. The summed E-state index contributed by atoms with van der Waals surface area (Å²) in [5.74, 6) is 1.07. The fourth-order valence-corrected chi connectivity index (χ4v) is 2.30. The predicted octanol–water partition coefficient (Wildman–Crippen LogP) is 2.36. The second-order valence-electron chi connectivity index (χ2n) is 5.38. The van der Waals surface area contributed by atoms with E-state index in [1.165, 1.54) is 18.4 Å². The van der Waals surface area contributed by atoms with E-state index in [0.29, 0.717) is 11.6 Å². The molecule has 1 aliphatic carbocycles. The highest BCUT2D eigenvalue weighted by molar-refractivity contribution is 5.37. The van der Waals surface area contributed by atoms with Crippen molar-refractivity contribution in [1.29, 1.82) is 5.26 Å². The van der Waals surface area contributed by atoms with Crippen LogP contribution in [0.1, 0.15) is 35.4 Å². The largest absolute Gasteiger partial charge is 0.329 e. The molecule has 0 aliphatic heterocycles. The second-order valence-corrected chi connectivity index (χ2v) is 5.38. The first-order chi connectivity index (χ1) is 9.76. The van der Waals surface area contributed by atoms with Crippen molar-refractivity contribution in [3.05, 3.63) is 53.1 Å². The van der Waals surface area contributed by atoms with Crippen molar-refractivity contribution in [3.8, 4) is 6.07 Å². The standard InChI is InChI=1S/C16H18N4/c1-12-8-13(9-17)2-3-14(12)11-20-7-6-18-16(20)10-19-15-4-5-15/h2-3,6-8,15,19H,4-5,10-11H2,1H3. The molecule has 1 aromatic carbocycles.